The Hall–Kier alpha value is -2.01. The Kier molecular flexibility index (Phi) is 10.3. The molecule has 2 aromatic carbocycles. The molecule has 0 aromatic heterocycles. The Morgan fingerprint density at radius 3 is 2.56 bits per heavy atom. The van der Waals surface area contributed by atoms with Crippen molar-refractivity contribution < 1.29 is 19.0 Å². The van der Waals surface area contributed by atoms with Gasteiger partial charge in [-0.15, -0.1) is 23.2 Å². The summed E-state index contributed by atoms with van der Waals surface area (Å²) in [5.74, 6) is 0.0325. The lowest BCUT2D eigenvalue weighted by Gasteiger charge is -2.47. The summed E-state index contributed by atoms with van der Waals surface area (Å²) < 4.78 is 22.9. The normalized spacial score (nSPS) is 19.5. The molecule has 1 aliphatic heterocycles. The van der Waals surface area contributed by atoms with Gasteiger partial charge in [-0.05, 0) is 62.8 Å². The van der Waals surface area contributed by atoms with E-state index in [1.165, 1.54) is 0 Å². The first-order valence-corrected chi connectivity index (χ1v) is 14.2. The van der Waals surface area contributed by atoms with Crippen molar-refractivity contribution in [1.29, 1.82) is 0 Å². The van der Waals surface area contributed by atoms with E-state index in [2.05, 4.69) is 16.0 Å². The lowest BCUT2D eigenvalue weighted by Crippen LogP contribution is -2.49. The number of aliphatic hydroxyl groups excluding tert-OH is 1. The van der Waals surface area contributed by atoms with Crippen LogP contribution in [0.3, 0.4) is 0 Å². The third kappa shape index (κ3) is 7.74. The zero-order valence-corrected chi connectivity index (χ0v) is 22.4. The average Bonchev–Trinajstić information content (AvgIpc) is 3.67. The minimum absolute atomic E-state index is 0. The first-order chi connectivity index (χ1) is 16.9. The van der Waals surface area contributed by atoms with Crippen LogP contribution in [0.2, 0.25) is 0 Å². The lowest BCUT2D eigenvalue weighted by atomic mass is 10.00. The first kappa shape index (κ1) is 28.6. The van der Waals surface area contributed by atoms with Crippen molar-refractivity contribution in [3.05, 3.63) is 59.7 Å². The van der Waals surface area contributed by atoms with Gasteiger partial charge < -0.3 is 21.1 Å². The fraction of sp³-hybridized carbons (Fsp3) is 0.500. The molecule has 1 heterocycles. The van der Waals surface area contributed by atoms with E-state index < -0.39 is 22.9 Å². The van der Waals surface area contributed by atoms with Gasteiger partial charge in [-0.2, -0.15) is 0 Å². The molecule has 10 heteroatoms. The van der Waals surface area contributed by atoms with E-state index in [1.807, 2.05) is 43.3 Å². The number of aliphatic hydroxyl groups is 1. The van der Waals surface area contributed by atoms with E-state index in [0.717, 1.165) is 36.9 Å². The van der Waals surface area contributed by atoms with Gasteiger partial charge in [0.05, 0.1) is 23.6 Å². The molecule has 8 nitrogen and oxygen atoms in total. The molecule has 0 unspecified atom stereocenters. The Balaban J connectivity index is 0.00000361. The Labute approximate surface area is 221 Å². The summed E-state index contributed by atoms with van der Waals surface area (Å²) in [5.41, 5.74) is 2.81. The second-order valence-electron chi connectivity index (χ2n) is 9.46. The highest BCUT2D eigenvalue weighted by Crippen LogP contribution is 2.50. The maximum absolute atomic E-state index is 13.4. The fourth-order valence-corrected chi connectivity index (χ4v) is 6.09. The third-order valence-electron chi connectivity index (χ3n) is 6.50. The SMILES string of the molecule is CCNc1cc(C(=O)N[C@@H](Cc2ccccc2)[C@H](O)CNC2CC2)cc(N2CCCCS2(O)O)c1.Cl. The molecule has 0 bridgehead atoms. The summed E-state index contributed by atoms with van der Waals surface area (Å²) >= 11 is 0. The minimum atomic E-state index is -2.91. The molecule has 2 atom stereocenters. The topological polar surface area (TPSA) is 117 Å². The lowest BCUT2D eigenvalue weighted by molar-refractivity contribution is 0.0830. The molecule has 0 radical (unpaired) electrons. The zero-order chi connectivity index (χ0) is 24.8. The van der Waals surface area contributed by atoms with Crippen molar-refractivity contribution in [1.82, 2.24) is 10.6 Å². The van der Waals surface area contributed by atoms with Crippen molar-refractivity contribution >= 4 is 40.5 Å². The second kappa shape index (κ2) is 13.0. The summed E-state index contributed by atoms with van der Waals surface area (Å²) in [5, 5.41) is 20.6. The molecule has 6 N–H and O–H groups in total. The molecule has 4 rings (SSSR count). The molecular weight excluding hydrogens is 500 g/mol. The van der Waals surface area contributed by atoms with E-state index in [4.69, 9.17) is 0 Å². The molecule has 200 valence electrons. The average molecular weight is 539 g/mol. The van der Waals surface area contributed by atoms with Gasteiger partial charge >= 0.3 is 0 Å². The van der Waals surface area contributed by atoms with Crippen molar-refractivity contribution in [2.45, 2.75) is 57.2 Å². The number of nitrogens with one attached hydrogen (secondary N) is 3. The number of carbonyl (C=O) groups excluding carboxylic acids is 1. The number of nitrogens with zero attached hydrogens (tertiary/aromatic N) is 1. The van der Waals surface area contributed by atoms with Gasteiger partial charge in [-0.1, -0.05) is 30.3 Å². The molecule has 2 aromatic rings. The van der Waals surface area contributed by atoms with Crippen molar-refractivity contribution in [2.75, 3.05) is 35.0 Å². The van der Waals surface area contributed by atoms with Gasteiger partial charge in [0, 0.05) is 36.9 Å². The first-order valence-electron chi connectivity index (χ1n) is 12.5. The molecule has 0 spiro atoms. The van der Waals surface area contributed by atoms with Crippen LogP contribution in [0.4, 0.5) is 11.4 Å². The molecule has 1 saturated heterocycles. The van der Waals surface area contributed by atoms with Crippen LogP contribution in [0.25, 0.3) is 0 Å². The largest absolute Gasteiger partial charge is 0.390 e. The molecule has 1 aliphatic carbocycles. The van der Waals surface area contributed by atoms with Gasteiger partial charge in [0.2, 0.25) is 0 Å². The number of hydrogen-bond donors (Lipinski definition) is 6. The summed E-state index contributed by atoms with van der Waals surface area (Å²) in [6, 6.07) is 15.2. The van der Waals surface area contributed by atoms with Crippen LogP contribution in [-0.2, 0) is 6.42 Å². The van der Waals surface area contributed by atoms with E-state index in [9.17, 15) is 19.0 Å². The van der Waals surface area contributed by atoms with E-state index >= 15 is 0 Å². The number of rotatable bonds is 11. The molecule has 2 aliphatic rings. The number of carbonyl (C=O) groups is 1. The second-order valence-corrected chi connectivity index (χ2v) is 11.6. The molecule has 36 heavy (non-hydrogen) atoms. The molecule has 1 amide bonds. The predicted octanol–water partition coefficient (Wildman–Crippen LogP) is 4.26. The number of halogens is 1. The van der Waals surface area contributed by atoms with Crippen LogP contribution < -0.4 is 20.3 Å². The Morgan fingerprint density at radius 2 is 1.89 bits per heavy atom. The number of anilines is 2. The van der Waals surface area contributed by atoms with Gasteiger partial charge in [0.15, 0.2) is 0 Å². The van der Waals surface area contributed by atoms with Crippen LogP contribution in [0, 0.1) is 0 Å². The predicted molar refractivity (Wildman–Crippen MR) is 151 cm³/mol. The standard InChI is InChI=1S/C26H38N4O4S.ClH/c1-2-27-22-15-20(16-23(17-22)30-12-6-7-13-35(30,33)34)26(32)29-24(14-19-8-4-3-5-9-19)25(31)18-28-21-10-11-21;/h3-5,8-9,15-17,21,24-25,27-28,31,33-34H,2,6-7,10-14,18H2,1H3,(H,29,32);1H/t24-,25+;/m0./s1. The highest BCUT2D eigenvalue weighted by Gasteiger charge is 2.29. The summed E-state index contributed by atoms with van der Waals surface area (Å²) in [4.78, 5) is 13.4. The molecule has 1 saturated carbocycles. The van der Waals surface area contributed by atoms with Crippen LogP contribution in [0.1, 0.15) is 48.5 Å². The van der Waals surface area contributed by atoms with Gasteiger partial charge in [0.25, 0.3) is 5.91 Å². The Morgan fingerprint density at radius 1 is 1.14 bits per heavy atom. The number of hydrogen-bond acceptors (Lipinski definition) is 7. The zero-order valence-electron chi connectivity index (χ0n) is 20.7. The van der Waals surface area contributed by atoms with E-state index in [1.54, 1.807) is 16.4 Å². The van der Waals surface area contributed by atoms with Gasteiger partial charge in [-0.25, -0.2) is 0 Å². The van der Waals surface area contributed by atoms with Crippen molar-refractivity contribution in [2.24, 2.45) is 0 Å². The fourth-order valence-electron chi connectivity index (χ4n) is 4.42. The quantitative estimate of drug-likeness (QED) is 0.253. The smallest absolute Gasteiger partial charge is 0.251 e. The van der Waals surface area contributed by atoms with Gasteiger partial charge in [0.1, 0.15) is 0 Å². The Bertz CT molecular complexity index is 993. The van der Waals surface area contributed by atoms with Crippen LogP contribution in [-0.4, -0.2) is 63.7 Å². The summed E-state index contributed by atoms with van der Waals surface area (Å²) in [7, 11) is -2.91. The summed E-state index contributed by atoms with van der Waals surface area (Å²) in [6.07, 6.45) is 3.64. The third-order valence-corrected chi connectivity index (χ3v) is 8.44. The highest BCUT2D eigenvalue weighted by atomic mass is 35.5. The van der Waals surface area contributed by atoms with Crippen molar-refractivity contribution in [3.63, 3.8) is 0 Å². The highest BCUT2D eigenvalue weighted by molar-refractivity contribution is 8.25. The van der Waals surface area contributed by atoms with Crippen LogP contribution in [0.15, 0.2) is 48.5 Å². The maximum atomic E-state index is 13.4. The van der Waals surface area contributed by atoms with E-state index in [0.29, 0.717) is 49.1 Å². The number of benzene rings is 2. The molecule has 2 fully saturated rings. The van der Waals surface area contributed by atoms with E-state index in [-0.39, 0.29) is 18.3 Å². The molecular formula is C26H39ClN4O4S. The maximum Gasteiger partial charge on any atom is 0.251 e. The van der Waals surface area contributed by atoms with Crippen LogP contribution >= 0.6 is 23.2 Å². The number of amides is 1. The van der Waals surface area contributed by atoms with Crippen molar-refractivity contribution in [3.8, 4) is 0 Å². The monoisotopic (exact) mass is 538 g/mol. The summed E-state index contributed by atoms with van der Waals surface area (Å²) in [6.45, 7) is 3.59. The van der Waals surface area contributed by atoms with Crippen LogP contribution in [0.5, 0.6) is 0 Å². The minimum Gasteiger partial charge on any atom is -0.390 e. The van der Waals surface area contributed by atoms with Gasteiger partial charge in [-0.3, -0.25) is 18.2 Å².